The van der Waals surface area contributed by atoms with E-state index < -0.39 is 30.3 Å². The Morgan fingerprint density at radius 3 is 2.56 bits per heavy atom. The second-order valence-corrected chi connectivity index (χ2v) is 9.54. The topological polar surface area (TPSA) is 117 Å². The fourth-order valence-corrected chi connectivity index (χ4v) is 4.87. The molecule has 1 spiro atoms. The largest absolute Gasteiger partial charge is 0.350 e. The lowest BCUT2D eigenvalue weighted by atomic mass is 9.97. The molecule has 1 saturated carbocycles. The summed E-state index contributed by atoms with van der Waals surface area (Å²) in [6.45, 7) is -0.453. The average molecular weight is 501 g/mol. The van der Waals surface area contributed by atoms with Crippen molar-refractivity contribution in [2.75, 3.05) is 19.6 Å². The zero-order chi connectivity index (χ0) is 25.6. The first-order valence-corrected chi connectivity index (χ1v) is 11.9. The SMILES string of the molecule is CCC(CNC(=O)c1ccnn1C(F)F)C(=O)N[C@@H]1C(=O)N2CC3(CC3)CN2C(=O)c2ccccc21. The highest BCUT2D eigenvalue weighted by Crippen LogP contribution is 2.52. The normalized spacial score (nSPS) is 20.7. The molecule has 4 amide bonds. The van der Waals surface area contributed by atoms with E-state index in [1.807, 2.05) is 0 Å². The minimum atomic E-state index is -2.98. The second kappa shape index (κ2) is 8.99. The Balaban J connectivity index is 1.33. The Morgan fingerprint density at radius 1 is 1.14 bits per heavy atom. The number of nitrogens with one attached hydrogen (secondary N) is 2. The van der Waals surface area contributed by atoms with Gasteiger partial charge in [0, 0.05) is 23.7 Å². The number of alkyl halides is 2. The van der Waals surface area contributed by atoms with Crippen molar-refractivity contribution in [1.82, 2.24) is 30.4 Å². The number of nitrogens with zero attached hydrogens (tertiary/aromatic N) is 4. The summed E-state index contributed by atoms with van der Waals surface area (Å²) in [7, 11) is 0. The van der Waals surface area contributed by atoms with Crippen LogP contribution < -0.4 is 10.6 Å². The first-order valence-electron chi connectivity index (χ1n) is 11.9. The van der Waals surface area contributed by atoms with Crippen LogP contribution in [-0.4, -0.2) is 63.1 Å². The van der Waals surface area contributed by atoms with Gasteiger partial charge in [0.1, 0.15) is 11.7 Å². The lowest BCUT2D eigenvalue weighted by Crippen LogP contribution is -2.48. The number of aromatic nitrogens is 2. The molecule has 1 aromatic heterocycles. The van der Waals surface area contributed by atoms with E-state index in [0.29, 0.717) is 35.3 Å². The van der Waals surface area contributed by atoms with Gasteiger partial charge in [0.25, 0.3) is 17.7 Å². The third-order valence-electron chi connectivity index (χ3n) is 7.20. The number of carbonyl (C=O) groups excluding carboxylic acids is 4. The third-order valence-corrected chi connectivity index (χ3v) is 7.20. The molecule has 0 radical (unpaired) electrons. The maximum absolute atomic E-state index is 13.6. The molecule has 3 heterocycles. The Bertz CT molecular complexity index is 1230. The molecular weight excluding hydrogens is 474 g/mol. The van der Waals surface area contributed by atoms with Gasteiger partial charge in [0.2, 0.25) is 5.91 Å². The summed E-state index contributed by atoms with van der Waals surface area (Å²) in [6, 6.07) is 6.82. The van der Waals surface area contributed by atoms with Crippen LogP contribution in [0.5, 0.6) is 0 Å². The molecule has 2 N–H and O–H groups in total. The van der Waals surface area contributed by atoms with Crippen molar-refractivity contribution in [3.05, 3.63) is 53.3 Å². The van der Waals surface area contributed by atoms with Crippen LogP contribution in [0.15, 0.2) is 36.5 Å². The summed E-state index contributed by atoms with van der Waals surface area (Å²) >= 11 is 0. The summed E-state index contributed by atoms with van der Waals surface area (Å²) in [5.74, 6) is -2.67. The van der Waals surface area contributed by atoms with E-state index >= 15 is 0 Å². The van der Waals surface area contributed by atoms with E-state index in [0.717, 1.165) is 25.1 Å². The molecule has 2 fully saturated rings. The van der Waals surface area contributed by atoms with Gasteiger partial charge in [-0.1, -0.05) is 25.1 Å². The fourth-order valence-electron chi connectivity index (χ4n) is 4.87. The summed E-state index contributed by atoms with van der Waals surface area (Å²) in [5.41, 5.74) is 0.389. The van der Waals surface area contributed by atoms with E-state index in [1.54, 1.807) is 31.2 Å². The number of amides is 4. The molecular formula is C24H26F2N6O4. The highest BCUT2D eigenvalue weighted by molar-refractivity contribution is 6.03. The van der Waals surface area contributed by atoms with Crippen LogP contribution >= 0.6 is 0 Å². The van der Waals surface area contributed by atoms with Gasteiger partial charge in [0.05, 0.1) is 19.0 Å². The molecule has 36 heavy (non-hydrogen) atoms. The number of hydrogen-bond acceptors (Lipinski definition) is 5. The number of halogens is 2. The predicted octanol–water partition coefficient (Wildman–Crippen LogP) is 1.88. The zero-order valence-electron chi connectivity index (χ0n) is 19.6. The van der Waals surface area contributed by atoms with Crippen LogP contribution in [0.2, 0.25) is 0 Å². The van der Waals surface area contributed by atoms with Gasteiger partial charge in [-0.3, -0.25) is 19.2 Å². The summed E-state index contributed by atoms with van der Waals surface area (Å²) < 4.78 is 26.4. The highest BCUT2D eigenvalue weighted by atomic mass is 19.3. The van der Waals surface area contributed by atoms with Gasteiger partial charge in [-0.25, -0.2) is 10.0 Å². The van der Waals surface area contributed by atoms with Crippen molar-refractivity contribution in [1.29, 1.82) is 0 Å². The van der Waals surface area contributed by atoms with Gasteiger partial charge >= 0.3 is 6.55 Å². The van der Waals surface area contributed by atoms with E-state index in [-0.39, 0.29) is 29.5 Å². The van der Waals surface area contributed by atoms with Gasteiger partial charge in [-0.2, -0.15) is 18.6 Å². The Hall–Kier alpha value is -3.83. The van der Waals surface area contributed by atoms with Crippen LogP contribution in [0.1, 0.15) is 65.2 Å². The highest BCUT2D eigenvalue weighted by Gasteiger charge is 2.56. The van der Waals surface area contributed by atoms with Crippen molar-refractivity contribution in [3.8, 4) is 0 Å². The average Bonchev–Trinajstić information content (AvgIpc) is 3.29. The molecule has 3 aliphatic rings. The number of rotatable bonds is 7. The first kappa shape index (κ1) is 23.9. The van der Waals surface area contributed by atoms with Crippen molar-refractivity contribution in [2.24, 2.45) is 11.3 Å². The minimum Gasteiger partial charge on any atom is -0.350 e. The molecule has 12 heteroatoms. The van der Waals surface area contributed by atoms with Gasteiger partial charge in [0.15, 0.2) is 0 Å². The number of benzene rings is 1. The molecule has 1 aromatic carbocycles. The molecule has 1 unspecified atom stereocenters. The molecule has 0 bridgehead atoms. The third kappa shape index (κ3) is 4.10. The molecule has 10 nitrogen and oxygen atoms in total. The van der Waals surface area contributed by atoms with E-state index in [2.05, 4.69) is 15.7 Å². The quantitative estimate of drug-likeness (QED) is 0.602. The minimum absolute atomic E-state index is 0.0624. The lowest BCUT2D eigenvalue weighted by Gasteiger charge is -2.28. The van der Waals surface area contributed by atoms with Gasteiger partial charge < -0.3 is 10.6 Å². The van der Waals surface area contributed by atoms with Crippen LogP contribution in [0.3, 0.4) is 0 Å². The van der Waals surface area contributed by atoms with Gasteiger partial charge in [-0.15, -0.1) is 0 Å². The zero-order valence-corrected chi connectivity index (χ0v) is 19.6. The molecule has 2 aromatic rings. The molecule has 1 saturated heterocycles. The second-order valence-electron chi connectivity index (χ2n) is 9.54. The fraction of sp³-hybridized carbons (Fsp3) is 0.458. The van der Waals surface area contributed by atoms with Crippen molar-refractivity contribution >= 4 is 23.6 Å². The number of carbonyl (C=O) groups is 4. The number of hydrogen-bond donors (Lipinski definition) is 2. The molecule has 190 valence electrons. The van der Waals surface area contributed by atoms with Crippen LogP contribution in [0.4, 0.5) is 8.78 Å². The lowest BCUT2D eigenvalue weighted by molar-refractivity contribution is -0.145. The summed E-state index contributed by atoms with van der Waals surface area (Å²) in [4.78, 5) is 52.5. The maximum atomic E-state index is 13.6. The Kier molecular flexibility index (Phi) is 5.97. The van der Waals surface area contributed by atoms with Crippen molar-refractivity contribution < 1.29 is 28.0 Å². The van der Waals surface area contributed by atoms with Crippen molar-refractivity contribution in [3.63, 3.8) is 0 Å². The molecule has 1 aliphatic carbocycles. The van der Waals surface area contributed by atoms with E-state index in [1.165, 1.54) is 10.0 Å². The Morgan fingerprint density at radius 2 is 1.86 bits per heavy atom. The molecule has 5 rings (SSSR count). The standard InChI is InChI=1S/C24H26F2N6O4/c1-2-14(11-27-20(34)17-7-10-28-32(17)23(25)26)19(33)29-18-15-5-3-4-6-16(15)21(35)30-12-24(8-9-24)13-31(30)22(18)36/h3-7,10,14,18,23H,2,8-9,11-13H2,1H3,(H,27,34)(H,29,33)/t14?,18-/m0/s1. The van der Waals surface area contributed by atoms with Crippen LogP contribution in [0, 0.1) is 11.3 Å². The van der Waals surface area contributed by atoms with Gasteiger partial charge in [-0.05, 0) is 37.0 Å². The summed E-state index contributed by atoms with van der Waals surface area (Å²) in [5, 5.41) is 11.7. The number of fused-ring (bicyclic) bond motifs is 2. The molecule has 2 aliphatic heterocycles. The Labute approximate surface area is 205 Å². The van der Waals surface area contributed by atoms with E-state index in [9.17, 15) is 28.0 Å². The van der Waals surface area contributed by atoms with Crippen molar-refractivity contribution in [2.45, 2.75) is 38.8 Å². The monoisotopic (exact) mass is 500 g/mol. The maximum Gasteiger partial charge on any atom is 0.333 e. The smallest absolute Gasteiger partial charge is 0.333 e. The van der Waals surface area contributed by atoms with E-state index in [4.69, 9.17) is 0 Å². The summed E-state index contributed by atoms with van der Waals surface area (Å²) in [6.07, 6.45) is 3.30. The molecule has 2 atom stereocenters. The van der Waals surface area contributed by atoms with Crippen LogP contribution in [0.25, 0.3) is 0 Å². The van der Waals surface area contributed by atoms with Crippen LogP contribution in [-0.2, 0) is 9.59 Å². The first-order chi connectivity index (χ1) is 17.2. The predicted molar refractivity (Wildman–Crippen MR) is 121 cm³/mol. The number of hydrazine groups is 1.